The standard InChI is InChI=1S/C11H12N2O/c1-8-7-12-13-11(14)10(8)9-5-3-2-4-6-9/h2-8,10H,1H3,(H,13,14). The average molecular weight is 188 g/mol. The molecule has 14 heavy (non-hydrogen) atoms. The number of carbonyl (C=O) groups is 1. The van der Waals surface area contributed by atoms with Crippen molar-refractivity contribution in [1.29, 1.82) is 0 Å². The van der Waals surface area contributed by atoms with Gasteiger partial charge in [0.1, 0.15) is 0 Å². The number of benzene rings is 1. The van der Waals surface area contributed by atoms with Crippen molar-refractivity contribution >= 4 is 12.1 Å². The van der Waals surface area contributed by atoms with E-state index in [1.807, 2.05) is 37.3 Å². The third-order valence-electron chi connectivity index (χ3n) is 2.45. The lowest BCUT2D eigenvalue weighted by Gasteiger charge is -2.22. The Morgan fingerprint density at radius 3 is 2.64 bits per heavy atom. The van der Waals surface area contributed by atoms with Gasteiger partial charge >= 0.3 is 0 Å². The molecule has 2 unspecified atom stereocenters. The van der Waals surface area contributed by atoms with Crippen LogP contribution in [-0.2, 0) is 4.79 Å². The molecule has 2 atom stereocenters. The third kappa shape index (κ3) is 1.53. The Hall–Kier alpha value is -1.64. The number of hydrazone groups is 1. The molecule has 1 aliphatic heterocycles. The molecule has 0 fully saturated rings. The van der Waals surface area contributed by atoms with Crippen LogP contribution in [0.5, 0.6) is 0 Å². The van der Waals surface area contributed by atoms with E-state index >= 15 is 0 Å². The van der Waals surface area contributed by atoms with Crippen molar-refractivity contribution < 1.29 is 4.79 Å². The Labute approximate surface area is 82.8 Å². The monoisotopic (exact) mass is 188 g/mol. The molecule has 3 nitrogen and oxygen atoms in total. The van der Waals surface area contributed by atoms with E-state index in [0.29, 0.717) is 0 Å². The van der Waals surface area contributed by atoms with Crippen molar-refractivity contribution in [3.8, 4) is 0 Å². The highest BCUT2D eigenvalue weighted by Gasteiger charge is 2.28. The van der Waals surface area contributed by atoms with Crippen molar-refractivity contribution in [2.24, 2.45) is 11.0 Å². The van der Waals surface area contributed by atoms with Crippen LogP contribution in [0, 0.1) is 5.92 Å². The van der Waals surface area contributed by atoms with Gasteiger partial charge in [0, 0.05) is 12.1 Å². The van der Waals surface area contributed by atoms with Crippen LogP contribution in [0.15, 0.2) is 35.4 Å². The minimum absolute atomic E-state index is 0.0220. The van der Waals surface area contributed by atoms with Crippen LogP contribution >= 0.6 is 0 Å². The smallest absolute Gasteiger partial charge is 0.248 e. The molecular formula is C11H12N2O. The van der Waals surface area contributed by atoms with Gasteiger partial charge < -0.3 is 0 Å². The number of nitrogens with zero attached hydrogens (tertiary/aromatic N) is 1. The first kappa shape index (κ1) is 8.94. The Kier molecular flexibility index (Phi) is 2.31. The summed E-state index contributed by atoms with van der Waals surface area (Å²) in [4.78, 5) is 11.6. The van der Waals surface area contributed by atoms with Gasteiger partial charge in [-0.05, 0) is 5.56 Å². The summed E-state index contributed by atoms with van der Waals surface area (Å²) in [7, 11) is 0. The van der Waals surface area contributed by atoms with Crippen molar-refractivity contribution in [3.05, 3.63) is 35.9 Å². The number of amides is 1. The van der Waals surface area contributed by atoms with Gasteiger partial charge in [-0.15, -0.1) is 0 Å². The zero-order chi connectivity index (χ0) is 9.97. The first-order chi connectivity index (χ1) is 6.79. The first-order valence-electron chi connectivity index (χ1n) is 4.67. The fourth-order valence-corrected chi connectivity index (χ4v) is 1.73. The van der Waals surface area contributed by atoms with E-state index in [1.165, 1.54) is 0 Å². The molecule has 1 aliphatic rings. The molecule has 0 saturated heterocycles. The van der Waals surface area contributed by atoms with Gasteiger partial charge in [0.15, 0.2) is 0 Å². The molecule has 1 amide bonds. The molecule has 1 aromatic rings. The Balaban J connectivity index is 2.33. The molecule has 1 aromatic carbocycles. The lowest BCUT2D eigenvalue weighted by Crippen LogP contribution is -2.34. The number of rotatable bonds is 1. The maximum Gasteiger partial charge on any atom is 0.248 e. The topological polar surface area (TPSA) is 41.5 Å². The minimum atomic E-state index is -0.103. The summed E-state index contributed by atoms with van der Waals surface area (Å²) in [5.74, 6) is 0.0334. The van der Waals surface area contributed by atoms with Crippen LogP contribution in [-0.4, -0.2) is 12.1 Å². The third-order valence-corrected chi connectivity index (χ3v) is 2.45. The van der Waals surface area contributed by atoms with E-state index in [0.717, 1.165) is 5.56 Å². The van der Waals surface area contributed by atoms with E-state index in [1.54, 1.807) is 6.21 Å². The van der Waals surface area contributed by atoms with E-state index in [-0.39, 0.29) is 17.7 Å². The Morgan fingerprint density at radius 2 is 2.00 bits per heavy atom. The molecule has 0 radical (unpaired) electrons. The summed E-state index contributed by atoms with van der Waals surface area (Å²) in [5.41, 5.74) is 3.54. The van der Waals surface area contributed by atoms with Crippen LogP contribution < -0.4 is 5.43 Å². The van der Waals surface area contributed by atoms with Crippen molar-refractivity contribution in [2.45, 2.75) is 12.8 Å². The highest BCUT2D eigenvalue weighted by molar-refractivity contribution is 5.90. The van der Waals surface area contributed by atoms with E-state index in [4.69, 9.17) is 0 Å². The summed E-state index contributed by atoms with van der Waals surface area (Å²) < 4.78 is 0. The van der Waals surface area contributed by atoms with Crippen LogP contribution in [0.2, 0.25) is 0 Å². The van der Waals surface area contributed by atoms with Gasteiger partial charge in [-0.1, -0.05) is 37.3 Å². The lowest BCUT2D eigenvalue weighted by molar-refractivity contribution is -0.123. The number of hydrogen-bond acceptors (Lipinski definition) is 2. The fraction of sp³-hybridized carbons (Fsp3) is 0.273. The SMILES string of the molecule is CC1C=NNC(=O)C1c1ccccc1. The van der Waals surface area contributed by atoms with Gasteiger partial charge in [0.2, 0.25) is 5.91 Å². The molecule has 0 aromatic heterocycles. The first-order valence-corrected chi connectivity index (χ1v) is 4.67. The lowest BCUT2D eigenvalue weighted by atomic mass is 9.86. The summed E-state index contributed by atoms with van der Waals surface area (Å²) in [5, 5.41) is 3.79. The number of nitrogens with one attached hydrogen (secondary N) is 1. The summed E-state index contributed by atoms with van der Waals surface area (Å²) in [6.45, 7) is 2.00. The van der Waals surface area contributed by atoms with Gasteiger partial charge in [-0.2, -0.15) is 5.10 Å². The van der Waals surface area contributed by atoms with Crippen LogP contribution in [0.25, 0.3) is 0 Å². The van der Waals surface area contributed by atoms with Crippen LogP contribution in [0.3, 0.4) is 0 Å². The number of hydrogen-bond donors (Lipinski definition) is 1. The molecule has 0 bridgehead atoms. The molecule has 2 rings (SSSR count). The largest absolute Gasteiger partial charge is 0.272 e. The van der Waals surface area contributed by atoms with Gasteiger partial charge in [-0.3, -0.25) is 4.79 Å². The van der Waals surface area contributed by atoms with Gasteiger partial charge in [0.25, 0.3) is 0 Å². The van der Waals surface area contributed by atoms with E-state index < -0.39 is 0 Å². The van der Waals surface area contributed by atoms with Crippen LogP contribution in [0.4, 0.5) is 0 Å². The Bertz CT molecular complexity index is 359. The number of carbonyl (C=O) groups excluding carboxylic acids is 1. The molecule has 1 N–H and O–H groups in total. The minimum Gasteiger partial charge on any atom is -0.272 e. The van der Waals surface area contributed by atoms with Gasteiger partial charge in [0.05, 0.1) is 5.92 Å². The molecular weight excluding hydrogens is 176 g/mol. The zero-order valence-corrected chi connectivity index (χ0v) is 7.97. The zero-order valence-electron chi connectivity index (χ0n) is 7.97. The summed E-state index contributed by atoms with van der Waals surface area (Å²) in [6.07, 6.45) is 1.78. The second-order valence-corrected chi connectivity index (χ2v) is 3.50. The van der Waals surface area contributed by atoms with E-state index in [2.05, 4.69) is 10.5 Å². The van der Waals surface area contributed by atoms with E-state index in [9.17, 15) is 4.79 Å². The molecule has 72 valence electrons. The maximum atomic E-state index is 11.6. The fourth-order valence-electron chi connectivity index (χ4n) is 1.73. The average Bonchev–Trinajstić information content (AvgIpc) is 2.19. The highest BCUT2D eigenvalue weighted by atomic mass is 16.2. The second kappa shape index (κ2) is 3.62. The predicted octanol–water partition coefficient (Wildman–Crippen LogP) is 1.52. The van der Waals surface area contributed by atoms with Gasteiger partial charge in [-0.25, -0.2) is 5.43 Å². The Morgan fingerprint density at radius 1 is 1.29 bits per heavy atom. The molecule has 0 saturated carbocycles. The second-order valence-electron chi connectivity index (χ2n) is 3.50. The summed E-state index contributed by atoms with van der Waals surface area (Å²) >= 11 is 0. The highest BCUT2D eigenvalue weighted by Crippen LogP contribution is 2.25. The predicted molar refractivity (Wildman–Crippen MR) is 55.0 cm³/mol. The molecule has 0 spiro atoms. The van der Waals surface area contributed by atoms with Crippen molar-refractivity contribution in [1.82, 2.24) is 5.43 Å². The summed E-state index contributed by atoms with van der Waals surface area (Å²) in [6, 6.07) is 9.78. The molecule has 0 aliphatic carbocycles. The molecule has 1 heterocycles. The normalized spacial score (nSPS) is 25.9. The molecule has 3 heteroatoms. The van der Waals surface area contributed by atoms with Crippen molar-refractivity contribution in [3.63, 3.8) is 0 Å². The quantitative estimate of drug-likeness (QED) is 0.713. The van der Waals surface area contributed by atoms with Crippen molar-refractivity contribution in [2.75, 3.05) is 0 Å². The van der Waals surface area contributed by atoms with Crippen LogP contribution in [0.1, 0.15) is 18.4 Å². The maximum absolute atomic E-state index is 11.6.